The van der Waals surface area contributed by atoms with Gasteiger partial charge in [-0.15, -0.1) is 0 Å². The lowest BCUT2D eigenvalue weighted by molar-refractivity contribution is -0.155. The van der Waals surface area contributed by atoms with Crippen LogP contribution in [0.2, 0.25) is 0 Å². The highest BCUT2D eigenvalue weighted by Gasteiger charge is 2.38. The number of pyridine rings is 1. The number of rotatable bonds is 11. The van der Waals surface area contributed by atoms with Gasteiger partial charge in [-0.05, 0) is 104 Å². The number of aromatic hydroxyl groups is 1. The molecule has 2 aliphatic rings. The number of likely N-dealkylation sites (N-methyl/N-ethyl adjacent to an activating group) is 1. The van der Waals surface area contributed by atoms with E-state index in [0.29, 0.717) is 36.9 Å². The lowest BCUT2D eigenvalue weighted by Gasteiger charge is -2.36. The van der Waals surface area contributed by atoms with Gasteiger partial charge in [0.05, 0.1) is 30.3 Å². The molecule has 0 aliphatic carbocycles. The van der Waals surface area contributed by atoms with Crippen LogP contribution in [0, 0.1) is 11.3 Å². The number of benzene rings is 2. The molecule has 2 aromatic carbocycles. The van der Waals surface area contributed by atoms with E-state index in [-0.39, 0.29) is 43.1 Å². The molecule has 0 spiro atoms. The Bertz CT molecular complexity index is 2760. The first-order valence-corrected chi connectivity index (χ1v) is 23.1. The number of phenolic OH excluding ortho intramolecular Hbond substituents is 1. The second-order valence-electron chi connectivity index (χ2n) is 18.9. The summed E-state index contributed by atoms with van der Waals surface area (Å²) in [6, 6.07) is 12.2. The minimum Gasteiger partial charge on any atom is -0.508 e. The Labute approximate surface area is 396 Å². The number of carbonyl (C=O) groups excluding carboxylic acids is 5. The molecule has 3 aromatic heterocycles. The smallest absolute Gasteiger partial charge is 0.324 e. The average Bonchev–Trinajstić information content (AvgIpc) is 3.83. The van der Waals surface area contributed by atoms with E-state index in [1.54, 1.807) is 46.3 Å². The maximum Gasteiger partial charge on any atom is 0.324 e. The number of aryl methyl sites for hydroxylation is 1. The number of anilines is 1. The van der Waals surface area contributed by atoms with Gasteiger partial charge in [0, 0.05) is 68.8 Å². The Kier molecular flexibility index (Phi) is 14.6. The summed E-state index contributed by atoms with van der Waals surface area (Å²) in [6.45, 7) is 16.2. The first-order chi connectivity index (χ1) is 32.4. The normalized spacial score (nSPS) is 18.4. The van der Waals surface area contributed by atoms with Crippen molar-refractivity contribution in [2.45, 2.75) is 98.0 Å². The fraction of sp³-hybridized carbons (Fsp3) is 0.431. The number of nitrogens with one attached hydrogen (secondary N) is 3. The van der Waals surface area contributed by atoms with E-state index in [2.05, 4.69) is 71.2 Å². The van der Waals surface area contributed by atoms with Gasteiger partial charge in [0.2, 0.25) is 17.6 Å². The molecule has 1 unspecified atom stereocenters. The number of amides is 4. The van der Waals surface area contributed by atoms with Crippen molar-refractivity contribution in [2.24, 2.45) is 18.4 Å². The molecular formula is C51H63N9O8. The number of methoxy groups -OCH3 is 1. The van der Waals surface area contributed by atoms with Crippen molar-refractivity contribution in [3.05, 3.63) is 96.2 Å². The van der Waals surface area contributed by atoms with E-state index >= 15 is 0 Å². The molecule has 4 atom stereocenters. The molecule has 7 rings (SSSR count). The topological polar surface area (TPSA) is 202 Å². The summed E-state index contributed by atoms with van der Waals surface area (Å²) >= 11 is 0. The average molecular weight is 930 g/mol. The molecule has 2 aliphatic heterocycles. The number of cyclic esters (lactones) is 1. The number of phenols is 1. The SMILES string of the molecule is C=CC(=O)Nc1cnc(C(=O)N(C)C(C(=O)N[C@H]2Cc3cc(O)cc(c3)-c3ccc4c(c3)c(c(-c3cccnc3[C@H](C)OC)n4CC)CC(C)(C)COC(=O)[C@@H]3CCCN(N3)C2=O)C(C)C)n1C. The van der Waals surface area contributed by atoms with Gasteiger partial charge in [0.15, 0.2) is 0 Å². The molecule has 17 heteroatoms. The van der Waals surface area contributed by atoms with Gasteiger partial charge in [0.25, 0.3) is 11.8 Å². The second kappa shape index (κ2) is 20.2. The third-order valence-corrected chi connectivity index (χ3v) is 12.9. The van der Waals surface area contributed by atoms with Gasteiger partial charge in [0.1, 0.15) is 29.7 Å². The molecule has 6 bridgehead atoms. The highest BCUT2D eigenvalue weighted by Crippen LogP contribution is 2.42. The summed E-state index contributed by atoms with van der Waals surface area (Å²) in [7, 11) is 4.71. The molecule has 1 saturated heterocycles. The zero-order valence-corrected chi connectivity index (χ0v) is 40.4. The van der Waals surface area contributed by atoms with E-state index in [0.717, 1.165) is 45.1 Å². The van der Waals surface area contributed by atoms with Crippen molar-refractivity contribution >= 4 is 46.3 Å². The third-order valence-electron chi connectivity index (χ3n) is 12.9. The standard InChI is InChI=1S/C51H63N9O8/c1-11-42(62)55-41-27-53-46(57(41)8)49(65)58(9)44(29(3)4)47(63)54-39-23-31-21-33(24-34(61)22-31)32-17-18-40-36(25-32)37(45(59(40)12-2)35-15-13-19-52-43(35)30(5)67-10)26-51(6,7)28-68-50(66)38-16-14-20-60(56-38)48(39)64/h11,13,15,17-19,21-22,24-25,27,29-30,38-39,44,56,61H,1,12,14,16,20,23,26,28H2,2-10H3,(H,54,63)(H,55,62)/t30-,38-,39-,44?/m0/s1. The number of imidazole rings is 1. The molecule has 17 nitrogen and oxygen atoms in total. The number of aromatic nitrogens is 4. The van der Waals surface area contributed by atoms with Crippen LogP contribution in [-0.2, 0) is 55.1 Å². The summed E-state index contributed by atoms with van der Waals surface area (Å²) in [5.41, 5.74) is 9.38. The number of hydrogen-bond acceptors (Lipinski definition) is 11. The Morgan fingerprint density at radius 3 is 2.57 bits per heavy atom. The molecule has 68 heavy (non-hydrogen) atoms. The first-order valence-electron chi connectivity index (χ1n) is 23.1. The second-order valence-corrected chi connectivity index (χ2v) is 18.9. The minimum atomic E-state index is -1.21. The lowest BCUT2D eigenvalue weighted by Crippen LogP contribution is -2.62. The predicted molar refractivity (Wildman–Crippen MR) is 258 cm³/mol. The van der Waals surface area contributed by atoms with E-state index in [4.69, 9.17) is 14.5 Å². The summed E-state index contributed by atoms with van der Waals surface area (Å²) in [4.78, 5) is 79.5. The lowest BCUT2D eigenvalue weighted by atomic mass is 9.84. The number of carbonyl (C=O) groups is 5. The Balaban J connectivity index is 1.32. The van der Waals surface area contributed by atoms with Crippen molar-refractivity contribution in [1.29, 1.82) is 0 Å². The van der Waals surface area contributed by atoms with Crippen molar-refractivity contribution in [1.82, 2.24) is 39.8 Å². The fourth-order valence-electron chi connectivity index (χ4n) is 9.44. The number of ether oxygens (including phenoxy) is 2. The van der Waals surface area contributed by atoms with Crippen molar-refractivity contribution in [3.8, 4) is 28.1 Å². The maximum absolute atomic E-state index is 14.7. The predicted octanol–water partition coefficient (Wildman–Crippen LogP) is 6.11. The zero-order chi connectivity index (χ0) is 49.2. The fourth-order valence-corrected chi connectivity index (χ4v) is 9.44. The van der Waals surface area contributed by atoms with Gasteiger partial charge in [-0.25, -0.2) is 10.4 Å². The van der Waals surface area contributed by atoms with E-state index in [1.165, 1.54) is 27.7 Å². The van der Waals surface area contributed by atoms with Gasteiger partial charge in [-0.2, -0.15) is 0 Å². The Morgan fingerprint density at radius 2 is 1.87 bits per heavy atom. The first kappa shape index (κ1) is 49.1. The minimum absolute atomic E-state index is 0.0287. The highest BCUT2D eigenvalue weighted by molar-refractivity contribution is 6.00. The van der Waals surface area contributed by atoms with Gasteiger partial charge in [-0.1, -0.05) is 46.4 Å². The number of nitrogens with zero attached hydrogens (tertiary/aromatic N) is 6. The number of hydrogen-bond donors (Lipinski definition) is 4. The molecule has 4 amide bonds. The summed E-state index contributed by atoms with van der Waals surface area (Å²) in [5, 5.41) is 19.2. The summed E-state index contributed by atoms with van der Waals surface area (Å²) < 4.78 is 15.6. The quantitative estimate of drug-likeness (QED) is 0.0880. The monoisotopic (exact) mass is 929 g/mol. The third kappa shape index (κ3) is 10.0. The summed E-state index contributed by atoms with van der Waals surface area (Å²) in [6.07, 6.45) is 5.29. The van der Waals surface area contributed by atoms with Crippen molar-refractivity contribution in [2.75, 3.05) is 32.6 Å². The van der Waals surface area contributed by atoms with Crippen LogP contribution in [0.5, 0.6) is 5.75 Å². The van der Waals surface area contributed by atoms with Crippen molar-refractivity contribution in [3.63, 3.8) is 0 Å². The van der Waals surface area contributed by atoms with Gasteiger partial charge >= 0.3 is 5.97 Å². The van der Waals surface area contributed by atoms with Crippen LogP contribution >= 0.6 is 0 Å². The van der Waals surface area contributed by atoms with Crippen LogP contribution in [-0.4, -0.2) is 109 Å². The maximum atomic E-state index is 14.7. The number of hydrazine groups is 1. The molecule has 0 saturated carbocycles. The molecule has 4 N–H and O–H groups in total. The van der Waals surface area contributed by atoms with Crippen LogP contribution in [0.3, 0.4) is 0 Å². The van der Waals surface area contributed by atoms with E-state index in [1.807, 2.05) is 25.1 Å². The summed E-state index contributed by atoms with van der Waals surface area (Å²) in [5.74, 6) is -2.93. The zero-order valence-electron chi connectivity index (χ0n) is 40.4. The molecule has 0 radical (unpaired) electrons. The molecular weight excluding hydrogens is 867 g/mol. The van der Waals surface area contributed by atoms with Gasteiger partial charge in [-0.3, -0.25) is 34.0 Å². The number of fused-ring (bicyclic) bond motifs is 6. The van der Waals surface area contributed by atoms with Crippen LogP contribution in [0.15, 0.2) is 73.6 Å². The number of esters is 1. The van der Waals surface area contributed by atoms with Gasteiger partial charge < -0.3 is 39.2 Å². The molecule has 1 fully saturated rings. The van der Waals surface area contributed by atoms with Crippen LogP contribution in [0.1, 0.15) is 87.9 Å². The Hall–Kier alpha value is -6.85. The van der Waals surface area contributed by atoms with Crippen LogP contribution < -0.4 is 16.1 Å². The molecule has 5 aromatic rings. The highest BCUT2D eigenvalue weighted by atomic mass is 16.5. The molecule has 360 valence electrons. The van der Waals surface area contributed by atoms with E-state index < -0.39 is 59.1 Å². The molecule has 5 heterocycles. The van der Waals surface area contributed by atoms with Crippen LogP contribution in [0.4, 0.5) is 5.82 Å². The van der Waals surface area contributed by atoms with Crippen LogP contribution in [0.25, 0.3) is 33.3 Å². The van der Waals surface area contributed by atoms with E-state index in [9.17, 15) is 29.1 Å². The van der Waals surface area contributed by atoms with Crippen molar-refractivity contribution < 1.29 is 38.6 Å². The Morgan fingerprint density at radius 1 is 1.10 bits per heavy atom. The largest absolute Gasteiger partial charge is 0.508 e.